The molecule has 4 heterocycles. The Morgan fingerprint density at radius 1 is 0.388 bits per heavy atom. The third-order valence-electron chi connectivity index (χ3n) is 8.90. The maximum absolute atomic E-state index is 6.20. The number of rotatable bonds is 5. The van der Waals surface area contributed by atoms with E-state index in [1.54, 1.807) is 0 Å². The van der Waals surface area contributed by atoms with Gasteiger partial charge in [-0.3, -0.25) is 4.57 Å². The minimum Gasteiger partial charge on any atom is -0.436 e. The summed E-state index contributed by atoms with van der Waals surface area (Å²) >= 11 is 0. The Morgan fingerprint density at radius 3 is 1.31 bits per heavy atom. The highest BCUT2D eigenvalue weighted by molar-refractivity contribution is 6.11. The molecule has 0 aliphatic heterocycles. The van der Waals surface area contributed by atoms with Gasteiger partial charge in [0.15, 0.2) is 11.2 Å². The second-order valence-electron chi connectivity index (χ2n) is 11.9. The first-order valence-electron chi connectivity index (χ1n) is 16.1. The summed E-state index contributed by atoms with van der Waals surface area (Å²) in [5.74, 6) is 1.70. The molecule has 0 unspecified atom stereocenters. The van der Waals surface area contributed by atoms with Crippen LogP contribution in [0.5, 0.6) is 0 Å². The van der Waals surface area contributed by atoms with Gasteiger partial charge in [0, 0.05) is 33.0 Å². The average Bonchev–Trinajstić information content (AvgIpc) is 3.89. The number of hydrogen-bond acceptors (Lipinski definition) is 6. The number of para-hydroxylation sites is 4. The predicted octanol–water partition coefficient (Wildman–Crippen LogP) is 10.5. The quantitative estimate of drug-likeness (QED) is 0.188. The molecule has 49 heavy (non-hydrogen) atoms. The minimum atomic E-state index is 0.563. The van der Waals surface area contributed by atoms with Crippen molar-refractivity contribution in [1.82, 2.24) is 24.5 Å². The summed E-state index contributed by atoms with van der Waals surface area (Å²) in [7, 11) is 0. The molecule has 0 spiro atoms. The van der Waals surface area contributed by atoms with Crippen molar-refractivity contribution in [2.45, 2.75) is 0 Å². The molecule has 7 nitrogen and oxygen atoms in total. The van der Waals surface area contributed by atoms with Crippen molar-refractivity contribution in [2.75, 3.05) is 0 Å². The lowest BCUT2D eigenvalue weighted by molar-refractivity contribution is 0.619. The first-order valence-corrected chi connectivity index (χ1v) is 16.1. The van der Waals surface area contributed by atoms with Gasteiger partial charge in [-0.2, -0.15) is 0 Å². The lowest BCUT2D eigenvalue weighted by Gasteiger charge is -2.12. The lowest BCUT2D eigenvalue weighted by atomic mass is 10.1. The van der Waals surface area contributed by atoms with Gasteiger partial charge in [-0.15, -0.1) is 0 Å². The normalized spacial score (nSPS) is 11.7. The summed E-state index contributed by atoms with van der Waals surface area (Å²) in [5.41, 5.74) is 10.5. The fourth-order valence-electron chi connectivity index (χ4n) is 6.54. The first kappa shape index (κ1) is 27.3. The van der Waals surface area contributed by atoms with Gasteiger partial charge >= 0.3 is 0 Å². The van der Waals surface area contributed by atoms with Gasteiger partial charge in [0.25, 0.3) is 0 Å². The van der Waals surface area contributed by atoms with Crippen LogP contribution in [0.15, 0.2) is 160 Å². The molecule has 0 aliphatic carbocycles. The number of aromatic nitrogens is 5. The van der Waals surface area contributed by atoms with Crippen molar-refractivity contribution in [3.63, 3.8) is 0 Å². The Kier molecular flexibility index (Phi) is 6.04. The molecular weight excluding hydrogens is 606 g/mol. The molecule has 10 aromatic rings. The van der Waals surface area contributed by atoms with E-state index in [1.165, 1.54) is 0 Å². The van der Waals surface area contributed by atoms with Crippen LogP contribution >= 0.6 is 0 Å². The topological polar surface area (TPSA) is 82.8 Å². The Hall–Kier alpha value is -6.86. The number of nitrogens with zero attached hydrogens (tertiary/aromatic N) is 5. The zero-order chi connectivity index (χ0) is 32.3. The fourth-order valence-corrected chi connectivity index (χ4v) is 6.54. The Morgan fingerprint density at radius 2 is 0.837 bits per heavy atom. The smallest absolute Gasteiger partial charge is 0.235 e. The lowest BCUT2D eigenvalue weighted by Crippen LogP contribution is -2.04. The van der Waals surface area contributed by atoms with Gasteiger partial charge in [-0.25, -0.2) is 19.9 Å². The molecule has 0 amide bonds. The molecule has 0 bridgehead atoms. The minimum absolute atomic E-state index is 0.563. The SMILES string of the molecule is c1ccc(-c2cc(-c3ccccc3)nc(-n3c4ccc(-c5nc6ccccc6o5)cc4c4cc(-c5nc6ccccc6o5)ccc43)n2)cc1. The van der Waals surface area contributed by atoms with Crippen LogP contribution in [0.3, 0.4) is 0 Å². The Labute approximate surface area is 279 Å². The van der Waals surface area contributed by atoms with E-state index in [2.05, 4.69) is 59.2 Å². The molecule has 0 radical (unpaired) electrons. The van der Waals surface area contributed by atoms with Crippen LogP contribution < -0.4 is 0 Å². The molecule has 0 atom stereocenters. The van der Waals surface area contributed by atoms with E-state index in [4.69, 9.17) is 28.8 Å². The van der Waals surface area contributed by atoms with Gasteiger partial charge in [0.05, 0.1) is 22.4 Å². The molecule has 0 fully saturated rings. The van der Waals surface area contributed by atoms with Crippen LogP contribution in [0.2, 0.25) is 0 Å². The molecule has 7 heteroatoms. The van der Waals surface area contributed by atoms with Crippen LogP contribution in [0.1, 0.15) is 0 Å². The van der Waals surface area contributed by atoms with Gasteiger partial charge < -0.3 is 8.83 Å². The number of benzene rings is 6. The van der Waals surface area contributed by atoms with Crippen molar-refractivity contribution in [3.8, 4) is 51.4 Å². The van der Waals surface area contributed by atoms with E-state index in [9.17, 15) is 0 Å². The largest absolute Gasteiger partial charge is 0.436 e. The van der Waals surface area contributed by atoms with Crippen LogP contribution in [0.25, 0.3) is 95.4 Å². The zero-order valence-corrected chi connectivity index (χ0v) is 26.0. The molecule has 10 rings (SSSR count). The number of hydrogen-bond donors (Lipinski definition) is 0. The molecule has 6 aromatic carbocycles. The van der Waals surface area contributed by atoms with Crippen molar-refractivity contribution < 1.29 is 8.83 Å². The van der Waals surface area contributed by atoms with Crippen LogP contribution in [0.4, 0.5) is 0 Å². The molecule has 0 aliphatic rings. The van der Waals surface area contributed by atoms with Gasteiger partial charge in [-0.1, -0.05) is 84.9 Å². The van der Waals surface area contributed by atoms with Gasteiger partial charge in [-0.05, 0) is 66.7 Å². The number of fused-ring (bicyclic) bond motifs is 5. The summed E-state index contributed by atoms with van der Waals surface area (Å²) in [6, 6.07) is 50.7. The van der Waals surface area contributed by atoms with Gasteiger partial charge in [0.1, 0.15) is 11.0 Å². The highest BCUT2D eigenvalue weighted by atomic mass is 16.4. The molecular formula is C42H25N5O2. The van der Waals surface area contributed by atoms with E-state index >= 15 is 0 Å². The van der Waals surface area contributed by atoms with E-state index in [0.717, 1.165) is 77.6 Å². The standard InChI is InChI=1S/C42H25N5O2/c1-3-11-26(12-4-1)34-25-35(27-13-5-2-6-14-27)46-42(45-34)47-36-21-19-28(40-43-32-15-7-9-17-38(32)48-40)23-30(36)31-24-29(20-22-37(31)47)41-44-33-16-8-10-18-39(33)49-41/h1-25H. The molecule has 0 N–H and O–H groups in total. The maximum atomic E-state index is 6.20. The van der Waals surface area contributed by atoms with E-state index in [1.807, 2.05) is 97.1 Å². The highest BCUT2D eigenvalue weighted by Crippen LogP contribution is 2.38. The van der Waals surface area contributed by atoms with Crippen molar-refractivity contribution in [3.05, 3.63) is 152 Å². The third-order valence-corrected chi connectivity index (χ3v) is 8.90. The maximum Gasteiger partial charge on any atom is 0.235 e. The van der Waals surface area contributed by atoms with E-state index < -0.39 is 0 Å². The van der Waals surface area contributed by atoms with Crippen molar-refractivity contribution >= 4 is 44.0 Å². The summed E-state index contributed by atoms with van der Waals surface area (Å²) in [4.78, 5) is 19.9. The Bertz CT molecular complexity index is 2580. The van der Waals surface area contributed by atoms with Crippen molar-refractivity contribution in [1.29, 1.82) is 0 Å². The molecule has 0 saturated carbocycles. The fraction of sp³-hybridized carbons (Fsp3) is 0. The highest BCUT2D eigenvalue weighted by Gasteiger charge is 2.20. The van der Waals surface area contributed by atoms with Crippen molar-refractivity contribution in [2.24, 2.45) is 0 Å². The zero-order valence-electron chi connectivity index (χ0n) is 26.0. The average molecular weight is 632 g/mol. The summed E-state index contributed by atoms with van der Waals surface area (Å²) in [6.07, 6.45) is 0. The monoisotopic (exact) mass is 631 g/mol. The summed E-state index contributed by atoms with van der Waals surface area (Å²) in [6.45, 7) is 0. The second kappa shape index (κ2) is 10.9. The number of oxazole rings is 2. The van der Waals surface area contributed by atoms with Crippen LogP contribution in [-0.4, -0.2) is 24.5 Å². The van der Waals surface area contributed by atoms with Crippen LogP contribution in [-0.2, 0) is 0 Å². The Balaban J connectivity index is 1.24. The molecule has 0 saturated heterocycles. The summed E-state index contributed by atoms with van der Waals surface area (Å²) in [5, 5.41) is 2.00. The molecule has 4 aromatic heterocycles. The van der Waals surface area contributed by atoms with Gasteiger partial charge in [0.2, 0.25) is 17.7 Å². The van der Waals surface area contributed by atoms with E-state index in [-0.39, 0.29) is 0 Å². The summed E-state index contributed by atoms with van der Waals surface area (Å²) < 4.78 is 14.5. The van der Waals surface area contributed by atoms with Crippen LogP contribution in [0, 0.1) is 0 Å². The second-order valence-corrected chi connectivity index (χ2v) is 11.9. The first-order chi connectivity index (χ1) is 24.2. The third kappa shape index (κ3) is 4.59. The predicted molar refractivity (Wildman–Crippen MR) is 193 cm³/mol. The molecule has 230 valence electrons. The van der Waals surface area contributed by atoms with E-state index in [0.29, 0.717) is 17.7 Å².